The van der Waals surface area contributed by atoms with Crippen LogP contribution in [0.5, 0.6) is 0 Å². The summed E-state index contributed by atoms with van der Waals surface area (Å²) >= 11 is 0. The summed E-state index contributed by atoms with van der Waals surface area (Å²) in [6.07, 6.45) is -2.72. The molecule has 86 valence electrons. The number of hydrogen-bond donors (Lipinski definition) is 0. The summed E-state index contributed by atoms with van der Waals surface area (Å²) in [5.74, 6) is -0.930. The summed E-state index contributed by atoms with van der Waals surface area (Å²) < 4.78 is 37.6. The monoisotopic (exact) mass is 230 g/mol. The average Bonchev–Trinajstić information content (AvgIpc) is 2.15. The fourth-order valence-corrected chi connectivity index (χ4v) is 1.08. The van der Waals surface area contributed by atoms with Gasteiger partial charge in [0.25, 0.3) is 5.91 Å². The van der Waals surface area contributed by atoms with E-state index in [0.717, 1.165) is 18.5 Å². The minimum absolute atomic E-state index is 0.391. The van der Waals surface area contributed by atoms with Crippen LogP contribution in [-0.4, -0.2) is 16.6 Å². The summed E-state index contributed by atoms with van der Waals surface area (Å²) in [5, 5.41) is 0. The molecule has 0 spiro atoms. The van der Waals surface area contributed by atoms with Gasteiger partial charge < -0.3 is 0 Å². The summed E-state index contributed by atoms with van der Waals surface area (Å²) in [4.78, 5) is 18.4. The zero-order valence-electron chi connectivity index (χ0n) is 8.67. The maximum atomic E-state index is 12.5. The van der Waals surface area contributed by atoms with Crippen molar-refractivity contribution in [2.75, 3.05) is 0 Å². The Morgan fingerprint density at radius 2 is 2.00 bits per heavy atom. The zero-order chi connectivity index (χ0) is 12.3. The lowest BCUT2D eigenvalue weighted by molar-refractivity contribution is -0.138. The highest BCUT2D eigenvalue weighted by molar-refractivity contribution is 6.03. The Labute approximate surface area is 90.0 Å². The van der Waals surface area contributed by atoms with Crippen molar-refractivity contribution in [2.24, 2.45) is 4.99 Å². The van der Waals surface area contributed by atoms with Crippen molar-refractivity contribution in [3.05, 3.63) is 29.6 Å². The van der Waals surface area contributed by atoms with Crippen molar-refractivity contribution < 1.29 is 18.0 Å². The Kier molecular flexibility index (Phi) is 3.41. The molecule has 6 heteroatoms. The van der Waals surface area contributed by atoms with Crippen molar-refractivity contribution in [2.45, 2.75) is 20.0 Å². The first-order valence-corrected chi connectivity index (χ1v) is 4.40. The fraction of sp³-hybridized carbons (Fsp3) is 0.300. The average molecular weight is 230 g/mol. The lowest BCUT2D eigenvalue weighted by atomic mass is 10.1. The maximum Gasteiger partial charge on any atom is 0.417 e. The van der Waals surface area contributed by atoms with Crippen LogP contribution in [0.3, 0.4) is 0 Å². The number of carbonyl (C=O) groups excluding carboxylic acids is 1. The van der Waals surface area contributed by atoms with Gasteiger partial charge in [0, 0.05) is 18.1 Å². The summed E-state index contributed by atoms with van der Waals surface area (Å²) in [6, 6.07) is 0.758. The molecule has 0 radical (unpaired) electrons. The Bertz CT molecular complexity index is 434. The Morgan fingerprint density at radius 1 is 1.38 bits per heavy atom. The molecule has 1 rings (SSSR count). The van der Waals surface area contributed by atoms with Crippen LogP contribution in [0.15, 0.2) is 23.5 Å². The molecule has 3 nitrogen and oxygen atoms in total. The number of rotatable bonds is 1. The van der Waals surface area contributed by atoms with Crippen LogP contribution in [-0.2, 0) is 6.18 Å². The van der Waals surface area contributed by atoms with Gasteiger partial charge in [-0.05, 0) is 19.9 Å². The first-order chi connectivity index (χ1) is 7.32. The van der Waals surface area contributed by atoms with Gasteiger partial charge >= 0.3 is 6.18 Å². The van der Waals surface area contributed by atoms with Gasteiger partial charge in [0.1, 0.15) is 0 Å². The number of aliphatic imine (C=N–C) groups is 1. The van der Waals surface area contributed by atoms with E-state index in [9.17, 15) is 18.0 Å². The predicted octanol–water partition coefficient (Wildman–Crippen LogP) is 2.72. The largest absolute Gasteiger partial charge is 0.417 e. The molecule has 0 aliphatic heterocycles. The van der Waals surface area contributed by atoms with E-state index in [-0.39, 0.29) is 0 Å². The van der Waals surface area contributed by atoms with E-state index in [1.807, 2.05) is 0 Å². The van der Waals surface area contributed by atoms with Gasteiger partial charge in [-0.25, -0.2) is 4.99 Å². The molecule has 0 saturated heterocycles. The number of nitrogens with zero attached hydrogens (tertiary/aromatic N) is 2. The lowest BCUT2D eigenvalue weighted by Gasteiger charge is -2.09. The van der Waals surface area contributed by atoms with Crippen LogP contribution in [0.1, 0.15) is 29.8 Å². The molecule has 0 bridgehead atoms. The van der Waals surface area contributed by atoms with Gasteiger partial charge in [0.05, 0.1) is 11.1 Å². The SMILES string of the molecule is CC(C)=NC(=O)c1cnccc1C(F)(F)F. The summed E-state index contributed by atoms with van der Waals surface area (Å²) in [7, 11) is 0. The molecule has 0 aromatic carbocycles. The molecule has 0 fully saturated rings. The molecule has 0 saturated carbocycles. The van der Waals surface area contributed by atoms with E-state index < -0.39 is 23.2 Å². The Morgan fingerprint density at radius 3 is 2.50 bits per heavy atom. The van der Waals surface area contributed by atoms with Crippen molar-refractivity contribution in [1.29, 1.82) is 0 Å². The highest BCUT2D eigenvalue weighted by Crippen LogP contribution is 2.31. The smallest absolute Gasteiger partial charge is 0.267 e. The summed E-state index contributed by atoms with van der Waals surface area (Å²) in [5.41, 5.74) is -1.16. The number of aromatic nitrogens is 1. The minimum atomic E-state index is -4.58. The van der Waals surface area contributed by atoms with Crippen molar-refractivity contribution in [3.8, 4) is 0 Å². The van der Waals surface area contributed by atoms with Crippen molar-refractivity contribution >= 4 is 11.6 Å². The number of pyridine rings is 1. The molecule has 1 aromatic rings. The van der Waals surface area contributed by atoms with E-state index >= 15 is 0 Å². The fourth-order valence-electron chi connectivity index (χ4n) is 1.08. The number of hydrogen-bond acceptors (Lipinski definition) is 2. The van der Waals surface area contributed by atoms with Crippen molar-refractivity contribution in [1.82, 2.24) is 4.98 Å². The third kappa shape index (κ3) is 2.88. The molecule has 0 aliphatic carbocycles. The second-order valence-corrected chi connectivity index (χ2v) is 3.28. The van der Waals surface area contributed by atoms with E-state index in [1.165, 1.54) is 13.8 Å². The molecular formula is C10H9F3N2O. The molecule has 0 aliphatic rings. The molecule has 1 amide bonds. The van der Waals surface area contributed by atoms with Crippen LogP contribution in [0.2, 0.25) is 0 Å². The van der Waals surface area contributed by atoms with Crippen LogP contribution >= 0.6 is 0 Å². The minimum Gasteiger partial charge on any atom is -0.267 e. The van der Waals surface area contributed by atoms with Crippen LogP contribution in [0.4, 0.5) is 13.2 Å². The second kappa shape index (κ2) is 4.42. The van der Waals surface area contributed by atoms with Gasteiger partial charge in [-0.1, -0.05) is 0 Å². The molecular weight excluding hydrogens is 221 g/mol. The second-order valence-electron chi connectivity index (χ2n) is 3.28. The van der Waals surface area contributed by atoms with Gasteiger partial charge in [0.15, 0.2) is 0 Å². The highest BCUT2D eigenvalue weighted by atomic mass is 19.4. The van der Waals surface area contributed by atoms with Gasteiger partial charge in [-0.15, -0.1) is 0 Å². The molecule has 0 N–H and O–H groups in total. The zero-order valence-corrected chi connectivity index (χ0v) is 8.67. The molecule has 1 heterocycles. The number of halogens is 3. The van der Waals surface area contributed by atoms with Crippen molar-refractivity contribution in [3.63, 3.8) is 0 Å². The van der Waals surface area contributed by atoms with E-state index in [1.54, 1.807) is 0 Å². The number of amides is 1. The Hall–Kier alpha value is -1.72. The van der Waals surface area contributed by atoms with E-state index in [0.29, 0.717) is 5.71 Å². The normalized spacial score (nSPS) is 11.1. The van der Waals surface area contributed by atoms with Gasteiger partial charge in [-0.3, -0.25) is 9.78 Å². The first kappa shape index (κ1) is 12.4. The number of alkyl halides is 3. The lowest BCUT2D eigenvalue weighted by Crippen LogP contribution is -2.13. The molecule has 0 atom stereocenters. The van der Waals surface area contributed by atoms with Gasteiger partial charge in [-0.2, -0.15) is 13.2 Å². The standard InChI is InChI=1S/C10H9F3N2O/c1-6(2)15-9(16)7-5-14-4-3-8(7)10(11,12)13/h3-5H,1-2H3. The molecule has 1 aromatic heterocycles. The number of carbonyl (C=O) groups is 1. The van der Waals surface area contributed by atoms with E-state index in [4.69, 9.17) is 0 Å². The summed E-state index contributed by atoms with van der Waals surface area (Å²) in [6.45, 7) is 3.06. The van der Waals surface area contributed by atoms with E-state index in [2.05, 4.69) is 9.98 Å². The predicted molar refractivity (Wildman–Crippen MR) is 52.4 cm³/mol. The topological polar surface area (TPSA) is 42.3 Å². The van der Waals surface area contributed by atoms with Gasteiger partial charge in [0.2, 0.25) is 0 Å². The third-order valence-corrected chi connectivity index (χ3v) is 1.68. The molecule has 0 unspecified atom stereocenters. The maximum absolute atomic E-state index is 12.5. The van der Waals surface area contributed by atoms with Crippen LogP contribution in [0.25, 0.3) is 0 Å². The third-order valence-electron chi connectivity index (χ3n) is 1.68. The van der Waals surface area contributed by atoms with Crippen LogP contribution < -0.4 is 0 Å². The molecule has 16 heavy (non-hydrogen) atoms. The quantitative estimate of drug-likeness (QED) is 0.696. The Balaban J connectivity index is 3.25. The first-order valence-electron chi connectivity index (χ1n) is 4.40. The highest BCUT2D eigenvalue weighted by Gasteiger charge is 2.35. The van der Waals surface area contributed by atoms with Crippen LogP contribution in [0, 0.1) is 0 Å².